The monoisotopic (exact) mass is 297 g/mol. The third kappa shape index (κ3) is 2.66. The van der Waals surface area contributed by atoms with E-state index in [4.69, 9.17) is 5.21 Å². The molecule has 3 aromatic rings. The Labute approximate surface area is 124 Å². The molecule has 0 aliphatic rings. The molecule has 21 heavy (non-hydrogen) atoms. The summed E-state index contributed by atoms with van der Waals surface area (Å²) in [6.45, 7) is 0. The smallest absolute Gasteiger partial charge is 0.267 e. The van der Waals surface area contributed by atoms with Crippen LogP contribution < -0.4 is 5.56 Å². The van der Waals surface area contributed by atoms with E-state index in [1.807, 2.05) is 36.4 Å². The number of nitrogens with zero attached hydrogens (tertiary/aromatic N) is 3. The molecule has 0 amide bonds. The summed E-state index contributed by atoms with van der Waals surface area (Å²) in [5.41, 5.74) is 0.544. The summed E-state index contributed by atoms with van der Waals surface area (Å²) in [6.07, 6.45) is 2.76. The lowest BCUT2D eigenvalue weighted by molar-refractivity contribution is 0.321. The average molecular weight is 297 g/mol. The highest BCUT2D eigenvalue weighted by Gasteiger charge is 2.12. The van der Waals surface area contributed by atoms with Crippen molar-refractivity contribution in [2.75, 3.05) is 0 Å². The van der Waals surface area contributed by atoms with Crippen LogP contribution in [0.2, 0.25) is 0 Å². The summed E-state index contributed by atoms with van der Waals surface area (Å²) in [4.78, 5) is 17.9. The standard InChI is InChI=1S/C15H11N3O2S/c19-15-12(10-16-20)14(21-11-6-2-1-3-7-11)17-13-8-4-5-9-18(13)15/h1-10,20H. The zero-order valence-corrected chi connectivity index (χ0v) is 11.7. The summed E-state index contributed by atoms with van der Waals surface area (Å²) in [5.74, 6) is 0. The molecule has 2 aromatic heterocycles. The molecule has 1 aromatic carbocycles. The van der Waals surface area contributed by atoms with E-state index >= 15 is 0 Å². The molecule has 0 fully saturated rings. The van der Waals surface area contributed by atoms with Crippen LogP contribution in [0.15, 0.2) is 74.6 Å². The summed E-state index contributed by atoms with van der Waals surface area (Å²) in [5, 5.41) is 12.3. The summed E-state index contributed by atoms with van der Waals surface area (Å²) in [7, 11) is 0. The molecule has 104 valence electrons. The van der Waals surface area contributed by atoms with Crippen LogP contribution in [-0.4, -0.2) is 20.8 Å². The van der Waals surface area contributed by atoms with E-state index in [0.29, 0.717) is 10.7 Å². The fourth-order valence-corrected chi connectivity index (χ4v) is 2.83. The number of hydrogen-bond donors (Lipinski definition) is 1. The van der Waals surface area contributed by atoms with Crippen molar-refractivity contribution in [3.8, 4) is 0 Å². The van der Waals surface area contributed by atoms with E-state index in [9.17, 15) is 4.79 Å². The quantitative estimate of drug-likeness (QED) is 0.349. The van der Waals surface area contributed by atoms with E-state index in [1.54, 1.807) is 18.3 Å². The number of hydrogen-bond acceptors (Lipinski definition) is 5. The Bertz CT molecular complexity index is 860. The molecule has 0 spiro atoms. The Kier molecular flexibility index (Phi) is 3.70. The molecule has 0 aliphatic carbocycles. The van der Waals surface area contributed by atoms with Crippen LogP contribution in [-0.2, 0) is 0 Å². The Morgan fingerprint density at radius 1 is 1.14 bits per heavy atom. The van der Waals surface area contributed by atoms with Crippen LogP contribution in [0, 0.1) is 0 Å². The van der Waals surface area contributed by atoms with Crippen LogP contribution in [0.5, 0.6) is 0 Å². The molecule has 0 saturated heterocycles. The molecule has 0 radical (unpaired) electrons. The molecule has 0 bridgehead atoms. The minimum Gasteiger partial charge on any atom is -0.411 e. The third-order valence-corrected chi connectivity index (χ3v) is 3.89. The maximum Gasteiger partial charge on any atom is 0.267 e. The van der Waals surface area contributed by atoms with Gasteiger partial charge in [-0.1, -0.05) is 41.2 Å². The minimum absolute atomic E-state index is 0.259. The summed E-state index contributed by atoms with van der Waals surface area (Å²) >= 11 is 1.36. The fraction of sp³-hybridized carbons (Fsp3) is 0. The van der Waals surface area contributed by atoms with Crippen molar-refractivity contribution in [1.82, 2.24) is 9.38 Å². The van der Waals surface area contributed by atoms with Crippen LogP contribution >= 0.6 is 11.8 Å². The maximum atomic E-state index is 12.4. The van der Waals surface area contributed by atoms with Gasteiger partial charge in [0, 0.05) is 11.1 Å². The topological polar surface area (TPSA) is 67.0 Å². The molecular formula is C15H11N3O2S. The Balaban J connectivity index is 2.20. The van der Waals surface area contributed by atoms with E-state index in [-0.39, 0.29) is 11.1 Å². The maximum absolute atomic E-state index is 12.4. The third-order valence-electron chi connectivity index (χ3n) is 2.88. The molecule has 1 N–H and O–H groups in total. The van der Waals surface area contributed by atoms with Gasteiger partial charge in [0.1, 0.15) is 10.7 Å². The van der Waals surface area contributed by atoms with E-state index in [2.05, 4.69) is 10.1 Å². The van der Waals surface area contributed by atoms with Crippen LogP contribution in [0.4, 0.5) is 0 Å². The second-order valence-corrected chi connectivity index (χ2v) is 5.29. The highest BCUT2D eigenvalue weighted by Crippen LogP contribution is 2.27. The number of rotatable bonds is 3. The lowest BCUT2D eigenvalue weighted by Crippen LogP contribution is -2.20. The first kappa shape index (κ1) is 13.4. The van der Waals surface area contributed by atoms with Crippen LogP contribution in [0.25, 0.3) is 5.65 Å². The molecule has 0 aliphatic heterocycles. The zero-order chi connectivity index (χ0) is 14.7. The van der Waals surface area contributed by atoms with Crippen molar-refractivity contribution < 1.29 is 5.21 Å². The van der Waals surface area contributed by atoms with Crippen molar-refractivity contribution in [3.05, 3.63) is 70.6 Å². The van der Waals surface area contributed by atoms with Gasteiger partial charge < -0.3 is 5.21 Å². The Morgan fingerprint density at radius 2 is 1.90 bits per heavy atom. The number of oxime groups is 1. The number of aromatic nitrogens is 2. The largest absolute Gasteiger partial charge is 0.411 e. The normalized spacial score (nSPS) is 11.2. The second-order valence-electron chi connectivity index (χ2n) is 4.22. The molecule has 6 heteroatoms. The van der Waals surface area contributed by atoms with E-state index in [1.165, 1.54) is 16.2 Å². The van der Waals surface area contributed by atoms with Gasteiger partial charge in [-0.15, -0.1) is 0 Å². The summed E-state index contributed by atoms with van der Waals surface area (Å²) < 4.78 is 1.42. The van der Waals surface area contributed by atoms with Gasteiger partial charge in [-0.3, -0.25) is 9.20 Å². The van der Waals surface area contributed by atoms with Crippen molar-refractivity contribution in [2.24, 2.45) is 5.16 Å². The van der Waals surface area contributed by atoms with Gasteiger partial charge in [0.25, 0.3) is 5.56 Å². The first-order valence-electron chi connectivity index (χ1n) is 6.21. The summed E-state index contributed by atoms with van der Waals surface area (Å²) in [6, 6.07) is 14.9. The first-order chi connectivity index (χ1) is 10.3. The van der Waals surface area contributed by atoms with Crippen molar-refractivity contribution in [2.45, 2.75) is 9.92 Å². The van der Waals surface area contributed by atoms with Gasteiger partial charge in [-0.05, 0) is 24.3 Å². The zero-order valence-electron chi connectivity index (χ0n) is 10.9. The van der Waals surface area contributed by atoms with Gasteiger partial charge in [-0.2, -0.15) is 0 Å². The van der Waals surface area contributed by atoms with Crippen molar-refractivity contribution in [1.29, 1.82) is 0 Å². The molecule has 0 atom stereocenters. The number of pyridine rings is 1. The second kappa shape index (κ2) is 5.80. The average Bonchev–Trinajstić information content (AvgIpc) is 2.52. The minimum atomic E-state index is -0.267. The van der Waals surface area contributed by atoms with Crippen molar-refractivity contribution >= 4 is 23.6 Å². The Hall–Kier alpha value is -2.60. The van der Waals surface area contributed by atoms with Gasteiger partial charge in [-0.25, -0.2) is 4.98 Å². The molecule has 2 heterocycles. The number of fused-ring (bicyclic) bond motifs is 1. The van der Waals surface area contributed by atoms with Gasteiger partial charge in [0.15, 0.2) is 0 Å². The van der Waals surface area contributed by atoms with Gasteiger partial charge in [0.05, 0.1) is 11.8 Å². The highest BCUT2D eigenvalue weighted by atomic mass is 32.2. The lowest BCUT2D eigenvalue weighted by Gasteiger charge is -2.07. The molecular weight excluding hydrogens is 286 g/mol. The predicted molar refractivity (Wildman–Crippen MR) is 81.4 cm³/mol. The molecule has 5 nitrogen and oxygen atoms in total. The molecule has 0 saturated carbocycles. The van der Waals surface area contributed by atoms with E-state index < -0.39 is 0 Å². The van der Waals surface area contributed by atoms with Crippen molar-refractivity contribution in [3.63, 3.8) is 0 Å². The van der Waals surface area contributed by atoms with E-state index in [0.717, 1.165) is 11.1 Å². The van der Waals surface area contributed by atoms with Crippen LogP contribution in [0.1, 0.15) is 5.56 Å². The molecule has 0 unspecified atom stereocenters. The fourth-order valence-electron chi connectivity index (χ4n) is 1.93. The molecule has 3 rings (SSSR count). The van der Waals surface area contributed by atoms with Gasteiger partial charge in [0.2, 0.25) is 0 Å². The number of benzene rings is 1. The van der Waals surface area contributed by atoms with Crippen LogP contribution in [0.3, 0.4) is 0 Å². The first-order valence-corrected chi connectivity index (χ1v) is 7.03. The highest BCUT2D eigenvalue weighted by molar-refractivity contribution is 7.99. The Morgan fingerprint density at radius 3 is 2.67 bits per heavy atom. The van der Waals surface area contributed by atoms with Gasteiger partial charge >= 0.3 is 0 Å². The predicted octanol–water partition coefficient (Wildman–Crippen LogP) is 2.65. The lowest BCUT2D eigenvalue weighted by atomic mass is 10.3. The SMILES string of the molecule is O=c1c(C=NO)c(Sc2ccccc2)nc2ccccn12.